The van der Waals surface area contributed by atoms with Crippen LogP contribution in [0.2, 0.25) is 0 Å². The van der Waals surface area contributed by atoms with Gasteiger partial charge in [0.15, 0.2) is 0 Å². The molecule has 1 atom stereocenters. The molecule has 0 heterocycles. The lowest BCUT2D eigenvalue weighted by Gasteiger charge is -2.17. The van der Waals surface area contributed by atoms with Gasteiger partial charge in [-0.05, 0) is 12.3 Å². The summed E-state index contributed by atoms with van der Waals surface area (Å²) in [7, 11) is 0. The highest BCUT2D eigenvalue weighted by Gasteiger charge is 2.21. The smallest absolute Gasteiger partial charge is 0.310 e. The maximum absolute atomic E-state index is 11.5. The van der Waals surface area contributed by atoms with Gasteiger partial charge in [0.1, 0.15) is 6.61 Å². The van der Waals surface area contributed by atoms with Crippen LogP contribution in [0.5, 0.6) is 0 Å². The Bertz CT molecular complexity index is 183. The monoisotopic (exact) mass is 231 g/mol. The van der Waals surface area contributed by atoms with Gasteiger partial charge in [-0.15, -0.1) is 0 Å². The standard InChI is InChI=1S/C12H25NO3/c1-4-5-6-15-7-8-16-12(14)11(9-13)10(2)3/h10-11H,4-9,13H2,1-3H3. The molecule has 4 nitrogen and oxygen atoms in total. The Morgan fingerprint density at radius 3 is 2.44 bits per heavy atom. The second kappa shape index (κ2) is 9.60. The van der Waals surface area contributed by atoms with Crippen molar-refractivity contribution in [3.63, 3.8) is 0 Å². The van der Waals surface area contributed by atoms with Crippen LogP contribution in [0.4, 0.5) is 0 Å². The van der Waals surface area contributed by atoms with Crippen molar-refractivity contribution in [1.82, 2.24) is 0 Å². The van der Waals surface area contributed by atoms with Crippen LogP contribution in [-0.4, -0.2) is 32.3 Å². The molecule has 0 saturated carbocycles. The van der Waals surface area contributed by atoms with Crippen molar-refractivity contribution in [3.8, 4) is 0 Å². The normalized spacial score (nSPS) is 12.8. The van der Waals surface area contributed by atoms with Crippen LogP contribution >= 0.6 is 0 Å². The summed E-state index contributed by atoms with van der Waals surface area (Å²) in [5, 5.41) is 0. The molecular weight excluding hydrogens is 206 g/mol. The van der Waals surface area contributed by atoms with Gasteiger partial charge in [0.2, 0.25) is 0 Å². The van der Waals surface area contributed by atoms with Gasteiger partial charge in [-0.3, -0.25) is 4.79 Å². The van der Waals surface area contributed by atoms with Gasteiger partial charge < -0.3 is 15.2 Å². The van der Waals surface area contributed by atoms with Crippen LogP contribution in [0, 0.1) is 11.8 Å². The number of hydrogen-bond donors (Lipinski definition) is 1. The Morgan fingerprint density at radius 2 is 1.94 bits per heavy atom. The van der Waals surface area contributed by atoms with Crippen LogP contribution in [-0.2, 0) is 14.3 Å². The lowest BCUT2D eigenvalue weighted by Crippen LogP contribution is -2.30. The molecule has 0 aromatic heterocycles. The second-order valence-electron chi connectivity index (χ2n) is 4.22. The number of hydrogen-bond acceptors (Lipinski definition) is 4. The molecule has 0 aliphatic rings. The van der Waals surface area contributed by atoms with E-state index < -0.39 is 0 Å². The zero-order valence-electron chi connectivity index (χ0n) is 10.7. The molecule has 16 heavy (non-hydrogen) atoms. The maximum Gasteiger partial charge on any atom is 0.310 e. The molecule has 4 heteroatoms. The first-order chi connectivity index (χ1) is 7.63. The summed E-state index contributed by atoms with van der Waals surface area (Å²) in [5.74, 6) is -0.189. The SMILES string of the molecule is CCCCOCCOC(=O)C(CN)C(C)C. The second-order valence-corrected chi connectivity index (χ2v) is 4.22. The number of rotatable bonds is 9. The molecule has 0 rings (SSSR count). The van der Waals surface area contributed by atoms with Gasteiger partial charge in [-0.2, -0.15) is 0 Å². The summed E-state index contributed by atoms with van der Waals surface area (Å²) < 4.78 is 10.4. The summed E-state index contributed by atoms with van der Waals surface area (Å²) in [5.41, 5.74) is 5.51. The van der Waals surface area contributed by atoms with E-state index in [-0.39, 0.29) is 17.8 Å². The highest BCUT2D eigenvalue weighted by molar-refractivity contribution is 5.72. The minimum absolute atomic E-state index is 0.198. The molecule has 0 amide bonds. The largest absolute Gasteiger partial charge is 0.463 e. The van der Waals surface area contributed by atoms with E-state index in [1.165, 1.54) is 0 Å². The van der Waals surface area contributed by atoms with Gasteiger partial charge in [-0.25, -0.2) is 0 Å². The molecular formula is C12H25NO3. The van der Waals surface area contributed by atoms with Crippen LogP contribution in [0.25, 0.3) is 0 Å². The molecule has 0 fully saturated rings. The first-order valence-electron chi connectivity index (χ1n) is 6.07. The van der Waals surface area contributed by atoms with E-state index in [1.807, 2.05) is 13.8 Å². The van der Waals surface area contributed by atoms with E-state index in [4.69, 9.17) is 15.2 Å². The molecule has 0 aromatic carbocycles. The fourth-order valence-corrected chi connectivity index (χ4v) is 1.30. The quantitative estimate of drug-likeness (QED) is 0.483. The molecule has 0 spiro atoms. The number of ether oxygens (including phenoxy) is 2. The zero-order valence-corrected chi connectivity index (χ0v) is 10.7. The Labute approximate surface area is 98.5 Å². The van der Waals surface area contributed by atoms with Crippen LogP contribution in [0.3, 0.4) is 0 Å². The third-order valence-electron chi connectivity index (χ3n) is 2.48. The summed E-state index contributed by atoms with van der Waals surface area (Å²) in [6, 6.07) is 0. The third kappa shape index (κ3) is 6.80. The lowest BCUT2D eigenvalue weighted by molar-refractivity contribution is -0.151. The van der Waals surface area contributed by atoms with E-state index in [2.05, 4.69) is 6.92 Å². The molecule has 96 valence electrons. The molecule has 0 saturated heterocycles. The Kier molecular flexibility index (Phi) is 9.24. The average molecular weight is 231 g/mol. The first-order valence-corrected chi connectivity index (χ1v) is 6.07. The number of carbonyl (C=O) groups is 1. The average Bonchev–Trinajstić information content (AvgIpc) is 2.23. The molecule has 0 radical (unpaired) electrons. The minimum atomic E-state index is -0.211. The number of carbonyl (C=O) groups excluding carboxylic acids is 1. The van der Waals surface area contributed by atoms with Gasteiger partial charge in [-0.1, -0.05) is 27.2 Å². The zero-order chi connectivity index (χ0) is 12.4. The summed E-state index contributed by atoms with van der Waals surface area (Å²) >= 11 is 0. The van der Waals surface area contributed by atoms with Crippen molar-refractivity contribution < 1.29 is 14.3 Å². The van der Waals surface area contributed by atoms with E-state index in [0.29, 0.717) is 19.8 Å². The number of unbranched alkanes of at least 4 members (excludes halogenated alkanes) is 1. The van der Waals surface area contributed by atoms with E-state index in [9.17, 15) is 4.79 Å². The predicted molar refractivity (Wildman–Crippen MR) is 64.1 cm³/mol. The fraction of sp³-hybridized carbons (Fsp3) is 0.917. The van der Waals surface area contributed by atoms with E-state index in [0.717, 1.165) is 19.4 Å². The molecule has 2 N–H and O–H groups in total. The highest BCUT2D eigenvalue weighted by Crippen LogP contribution is 2.10. The minimum Gasteiger partial charge on any atom is -0.463 e. The maximum atomic E-state index is 11.5. The summed E-state index contributed by atoms with van der Waals surface area (Å²) in [4.78, 5) is 11.5. The van der Waals surface area contributed by atoms with Crippen LogP contribution in [0.1, 0.15) is 33.6 Å². The van der Waals surface area contributed by atoms with Gasteiger partial charge in [0.05, 0.1) is 12.5 Å². The lowest BCUT2D eigenvalue weighted by atomic mass is 9.96. The number of nitrogens with two attached hydrogens (primary N) is 1. The van der Waals surface area contributed by atoms with Gasteiger partial charge in [0, 0.05) is 13.2 Å². The molecule has 1 unspecified atom stereocenters. The van der Waals surface area contributed by atoms with E-state index >= 15 is 0 Å². The van der Waals surface area contributed by atoms with Crippen molar-refractivity contribution in [2.45, 2.75) is 33.6 Å². The van der Waals surface area contributed by atoms with Gasteiger partial charge >= 0.3 is 5.97 Å². The van der Waals surface area contributed by atoms with Crippen molar-refractivity contribution in [2.75, 3.05) is 26.4 Å². The fourth-order valence-electron chi connectivity index (χ4n) is 1.30. The first kappa shape index (κ1) is 15.4. The summed E-state index contributed by atoms with van der Waals surface area (Å²) in [6.45, 7) is 7.92. The summed E-state index contributed by atoms with van der Waals surface area (Å²) in [6.07, 6.45) is 2.16. The molecule has 0 bridgehead atoms. The van der Waals surface area contributed by atoms with Crippen LogP contribution in [0.15, 0.2) is 0 Å². The Hall–Kier alpha value is -0.610. The van der Waals surface area contributed by atoms with Crippen LogP contribution < -0.4 is 5.73 Å². The third-order valence-corrected chi connectivity index (χ3v) is 2.48. The van der Waals surface area contributed by atoms with Crippen molar-refractivity contribution in [1.29, 1.82) is 0 Å². The van der Waals surface area contributed by atoms with Gasteiger partial charge in [0.25, 0.3) is 0 Å². The molecule has 0 aliphatic carbocycles. The molecule has 0 aromatic rings. The number of esters is 1. The molecule has 0 aliphatic heterocycles. The predicted octanol–water partition coefficient (Wildman–Crippen LogP) is 1.58. The topological polar surface area (TPSA) is 61.5 Å². The van der Waals surface area contributed by atoms with E-state index in [1.54, 1.807) is 0 Å². The highest BCUT2D eigenvalue weighted by atomic mass is 16.6. The Morgan fingerprint density at radius 1 is 1.25 bits per heavy atom. The van der Waals surface area contributed by atoms with Crippen molar-refractivity contribution >= 4 is 5.97 Å². The van der Waals surface area contributed by atoms with Crippen molar-refractivity contribution in [2.24, 2.45) is 17.6 Å². The van der Waals surface area contributed by atoms with Crippen molar-refractivity contribution in [3.05, 3.63) is 0 Å². The Balaban J connectivity index is 3.56.